The fourth-order valence-electron chi connectivity index (χ4n) is 2.15. The maximum Gasteiger partial charge on any atom is 0.241 e. The Kier molecular flexibility index (Phi) is 4.20. The summed E-state index contributed by atoms with van der Waals surface area (Å²) in [6, 6.07) is 7.85. The zero-order valence-corrected chi connectivity index (χ0v) is 11.1. The zero-order chi connectivity index (χ0) is 13.0. The number of amides is 1. The van der Waals surface area contributed by atoms with Crippen molar-refractivity contribution in [1.29, 1.82) is 0 Å². The maximum absolute atomic E-state index is 12.0. The van der Waals surface area contributed by atoms with Crippen molar-refractivity contribution in [3.05, 3.63) is 24.3 Å². The summed E-state index contributed by atoms with van der Waals surface area (Å²) >= 11 is 0. The van der Waals surface area contributed by atoms with Crippen molar-refractivity contribution < 1.29 is 4.79 Å². The Bertz CT molecular complexity index is 394. The fourth-order valence-corrected chi connectivity index (χ4v) is 2.15. The SMILES string of the molecule is CN(C)c1ccc(NC(=O)[C@@H]2CCCCN2)cc1. The predicted octanol–water partition coefficient (Wildman–Crippen LogP) is 1.83. The van der Waals surface area contributed by atoms with Gasteiger partial charge in [0.15, 0.2) is 0 Å². The molecule has 1 amide bonds. The summed E-state index contributed by atoms with van der Waals surface area (Å²) in [5, 5.41) is 6.21. The topological polar surface area (TPSA) is 44.4 Å². The molecule has 1 saturated heterocycles. The molecule has 0 spiro atoms. The smallest absolute Gasteiger partial charge is 0.241 e. The maximum atomic E-state index is 12.0. The molecule has 1 heterocycles. The van der Waals surface area contributed by atoms with E-state index < -0.39 is 0 Å². The molecular formula is C14H21N3O. The number of nitrogens with one attached hydrogen (secondary N) is 2. The molecule has 0 aliphatic carbocycles. The second-order valence-corrected chi connectivity index (χ2v) is 4.93. The number of piperidine rings is 1. The molecule has 2 rings (SSSR count). The predicted molar refractivity (Wildman–Crippen MR) is 75.0 cm³/mol. The minimum atomic E-state index is -0.0349. The van der Waals surface area contributed by atoms with Gasteiger partial charge >= 0.3 is 0 Å². The van der Waals surface area contributed by atoms with Crippen LogP contribution in [0.2, 0.25) is 0 Å². The summed E-state index contributed by atoms with van der Waals surface area (Å²) in [5.41, 5.74) is 1.99. The molecule has 0 bridgehead atoms. The van der Waals surface area contributed by atoms with Crippen molar-refractivity contribution in [1.82, 2.24) is 5.32 Å². The Labute approximate surface area is 108 Å². The van der Waals surface area contributed by atoms with E-state index in [2.05, 4.69) is 10.6 Å². The van der Waals surface area contributed by atoms with Crippen LogP contribution >= 0.6 is 0 Å². The first-order valence-corrected chi connectivity index (χ1v) is 6.48. The van der Waals surface area contributed by atoms with E-state index in [0.717, 1.165) is 30.8 Å². The van der Waals surface area contributed by atoms with Gasteiger partial charge in [-0.3, -0.25) is 4.79 Å². The van der Waals surface area contributed by atoms with E-state index >= 15 is 0 Å². The van der Waals surface area contributed by atoms with Gasteiger partial charge in [-0.25, -0.2) is 0 Å². The number of carbonyl (C=O) groups excluding carboxylic acids is 1. The van der Waals surface area contributed by atoms with E-state index in [0.29, 0.717) is 0 Å². The highest BCUT2D eigenvalue weighted by molar-refractivity contribution is 5.95. The van der Waals surface area contributed by atoms with Crippen LogP contribution in [0.15, 0.2) is 24.3 Å². The van der Waals surface area contributed by atoms with Gasteiger partial charge in [0, 0.05) is 25.5 Å². The normalized spacial score (nSPS) is 19.3. The molecule has 1 aromatic carbocycles. The molecular weight excluding hydrogens is 226 g/mol. The summed E-state index contributed by atoms with van der Waals surface area (Å²) in [6.07, 6.45) is 3.23. The molecule has 0 aromatic heterocycles. The third-order valence-corrected chi connectivity index (χ3v) is 3.28. The summed E-state index contributed by atoms with van der Waals surface area (Å²) < 4.78 is 0. The lowest BCUT2D eigenvalue weighted by atomic mass is 10.0. The lowest BCUT2D eigenvalue weighted by Gasteiger charge is -2.22. The number of anilines is 2. The second-order valence-electron chi connectivity index (χ2n) is 4.93. The van der Waals surface area contributed by atoms with E-state index in [9.17, 15) is 4.79 Å². The average molecular weight is 247 g/mol. The second kappa shape index (κ2) is 5.87. The van der Waals surface area contributed by atoms with Gasteiger partial charge in [0.25, 0.3) is 0 Å². The van der Waals surface area contributed by atoms with Gasteiger partial charge in [-0.2, -0.15) is 0 Å². The largest absolute Gasteiger partial charge is 0.378 e. The Balaban J connectivity index is 1.94. The highest BCUT2D eigenvalue weighted by Gasteiger charge is 2.20. The van der Waals surface area contributed by atoms with E-state index in [4.69, 9.17) is 0 Å². The number of nitrogens with zero attached hydrogens (tertiary/aromatic N) is 1. The number of rotatable bonds is 3. The van der Waals surface area contributed by atoms with Crippen molar-refractivity contribution in [2.24, 2.45) is 0 Å². The van der Waals surface area contributed by atoms with Crippen LogP contribution in [0.5, 0.6) is 0 Å². The van der Waals surface area contributed by atoms with E-state index in [1.807, 2.05) is 43.3 Å². The van der Waals surface area contributed by atoms with Crippen LogP contribution in [0.25, 0.3) is 0 Å². The van der Waals surface area contributed by atoms with Crippen LogP contribution in [-0.4, -0.2) is 32.6 Å². The molecule has 0 radical (unpaired) electrons. The number of carbonyl (C=O) groups is 1. The first-order valence-electron chi connectivity index (χ1n) is 6.48. The summed E-state index contributed by atoms with van der Waals surface area (Å²) in [5.74, 6) is 0.0762. The van der Waals surface area contributed by atoms with Crippen LogP contribution < -0.4 is 15.5 Å². The van der Waals surface area contributed by atoms with Crippen molar-refractivity contribution >= 4 is 17.3 Å². The molecule has 4 heteroatoms. The Morgan fingerprint density at radius 3 is 2.56 bits per heavy atom. The van der Waals surface area contributed by atoms with Crippen LogP contribution in [0, 0.1) is 0 Å². The van der Waals surface area contributed by atoms with Gasteiger partial charge in [0.2, 0.25) is 5.91 Å². The van der Waals surface area contributed by atoms with Gasteiger partial charge in [-0.05, 0) is 43.7 Å². The molecule has 1 aliphatic rings. The van der Waals surface area contributed by atoms with Crippen LogP contribution in [0.1, 0.15) is 19.3 Å². The van der Waals surface area contributed by atoms with Crippen molar-refractivity contribution in [3.63, 3.8) is 0 Å². The molecule has 1 aromatic rings. The van der Waals surface area contributed by atoms with Gasteiger partial charge in [-0.1, -0.05) is 6.42 Å². The minimum absolute atomic E-state index is 0.0349. The molecule has 98 valence electrons. The Morgan fingerprint density at radius 1 is 1.28 bits per heavy atom. The van der Waals surface area contributed by atoms with Gasteiger partial charge in [0.1, 0.15) is 0 Å². The highest BCUT2D eigenvalue weighted by atomic mass is 16.2. The van der Waals surface area contributed by atoms with E-state index in [-0.39, 0.29) is 11.9 Å². The summed E-state index contributed by atoms with van der Waals surface area (Å²) in [7, 11) is 4.00. The standard InChI is InChI=1S/C14H21N3O/c1-17(2)12-8-6-11(7-9-12)16-14(18)13-5-3-4-10-15-13/h6-9,13,15H,3-5,10H2,1-2H3,(H,16,18)/t13-/m0/s1. The van der Waals surface area contributed by atoms with Crippen LogP contribution in [0.4, 0.5) is 11.4 Å². The molecule has 2 N–H and O–H groups in total. The quantitative estimate of drug-likeness (QED) is 0.856. The van der Waals surface area contributed by atoms with Crippen LogP contribution in [0.3, 0.4) is 0 Å². The summed E-state index contributed by atoms with van der Waals surface area (Å²) in [6.45, 7) is 0.942. The average Bonchev–Trinajstić information content (AvgIpc) is 2.40. The Hall–Kier alpha value is -1.55. The number of hydrogen-bond donors (Lipinski definition) is 2. The third kappa shape index (κ3) is 3.23. The third-order valence-electron chi connectivity index (χ3n) is 3.28. The van der Waals surface area contributed by atoms with E-state index in [1.165, 1.54) is 6.42 Å². The fraction of sp³-hybridized carbons (Fsp3) is 0.500. The zero-order valence-electron chi connectivity index (χ0n) is 11.1. The molecule has 1 aliphatic heterocycles. The molecule has 4 nitrogen and oxygen atoms in total. The van der Waals surface area contributed by atoms with Gasteiger partial charge < -0.3 is 15.5 Å². The number of hydrogen-bond acceptors (Lipinski definition) is 3. The number of benzene rings is 1. The summed E-state index contributed by atoms with van der Waals surface area (Å²) in [4.78, 5) is 14.0. The highest BCUT2D eigenvalue weighted by Crippen LogP contribution is 2.16. The van der Waals surface area contributed by atoms with Crippen LogP contribution in [-0.2, 0) is 4.79 Å². The van der Waals surface area contributed by atoms with E-state index in [1.54, 1.807) is 0 Å². The van der Waals surface area contributed by atoms with Gasteiger partial charge in [-0.15, -0.1) is 0 Å². The van der Waals surface area contributed by atoms with Gasteiger partial charge in [0.05, 0.1) is 6.04 Å². The lowest BCUT2D eigenvalue weighted by Crippen LogP contribution is -2.43. The lowest BCUT2D eigenvalue weighted by molar-refractivity contribution is -0.118. The first kappa shape index (κ1) is 12.9. The molecule has 0 unspecified atom stereocenters. The minimum Gasteiger partial charge on any atom is -0.378 e. The van der Waals surface area contributed by atoms with Crippen molar-refractivity contribution in [2.45, 2.75) is 25.3 Å². The molecule has 18 heavy (non-hydrogen) atoms. The molecule has 0 saturated carbocycles. The molecule has 1 fully saturated rings. The first-order chi connectivity index (χ1) is 8.66. The van der Waals surface area contributed by atoms with Crippen molar-refractivity contribution in [2.75, 3.05) is 30.9 Å². The molecule has 1 atom stereocenters. The van der Waals surface area contributed by atoms with Crippen molar-refractivity contribution in [3.8, 4) is 0 Å². The monoisotopic (exact) mass is 247 g/mol. The Morgan fingerprint density at radius 2 is 2.00 bits per heavy atom.